The van der Waals surface area contributed by atoms with Gasteiger partial charge < -0.3 is 10.6 Å². The predicted octanol–water partition coefficient (Wildman–Crippen LogP) is 2.23. The number of nitrogen functional groups attached to an aromatic ring is 1. The van der Waals surface area contributed by atoms with Crippen molar-refractivity contribution in [2.75, 3.05) is 5.73 Å². The Balaban J connectivity index is 2.17. The van der Waals surface area contributed by atoms with Gasteiger partial charge in [-0.15, -0.1) is 21.5 Å². The molecular formula is C11H14N4OS2. The fraction of sp³-hybridized carbons (Fsp3) is 0.364. The van der Waals surface area contributed by atoms with Crippen molar-refractivity contribution in [3.8, 4) is 0 Å². The van der Waals surface area contributed by atoms with Crippen LogP contribution < -0.4 is 5.73 Å². The number of hydrogen-bond acceptors (Lipinski definition) is 6. The Morgan fingerprint density at radius 2 is 2.28 bits per heavy atom. The second-order valence-corrected chi connectivity index (χ2v) is 6.09. The molecule has 2 rings (SSSR count). The van der Waals surface area contributed by atoms with Gasteiger partial charge in [-0.25, -0.2) is 0 Å². The van der Waals surface area contributed by atoms with Crippen LogP contribution in [0, 0.1) is 0 Å². The number of amides is 1. The third kappa shape index (κ3) is 2.85. The Bertz CT molecular complexity index is 521. The molecule has 0 saturated carbocycles. The number of aromatic nitrogens is 2. The lowest BCUT2D eigenvalue weighted by atomic mass is 10.3. The molecule has 7 heteroatoms. The summed E-state index contributed by atoms with van der Waals surface area (Å²) in [6, 6.07) is 4.10. The summed E-state index contributed by atoms with van der Waals surface area (Å²) in [6.45, 7) is 4.56. The second kappa shape index (κ2) is 5.45. The molecule has 0 aliphatic carbocycles. The zero-order valence-electron chi connectivity index (χ0n) is 10.2. The van der Waals surface area contributed by atoms with E-state index in [1.165, 1.54) is 0 Å². The summed E-state index contributed by atoms with van der Waals surface area (Å²) in [5.41, 5.74) is 5.50. The van der Waals surface area contributed by atoms with E-state index < -0.39 is 0 Å². The summed E-state index contributed by atoms with van der Waals surface area (Å²) >= 11 is 2.76. The molecule has 18 heavy (non-hydrogen) atoms. The largest absolute Gasteiger partial charge is 0.374 e. The van der Waals surface area contributed by atoms with E-state index in [-0.39, 0.29) is 11.9 Å². The first-order valence-electron chi connectivity index (χ1n) is 5.50. The Hall–Kier alpha value is -1.47. The van der Waals surface area contributed by atoms with Crippen LogP contribution in [0.2, 0.25) is 0 Å². The molecule has 2 aromatic heterocycles. The van der Waals surface area contributed by atoms with Crippen LogP contribution in [0.1, 0.15) is 28.5 Å². The van der Waals surface area contributed by atoms with Gasteiger partial charge in [-0.1, -0.05) is 17.4 Å². The van der Waals surface area contributed by atoms with Gasteiger partial charge in [-0.2, -0.15) is 0 Å². The van der Waals surface area contributed by atoms with Crippen LogP contribution in [0.5, 0.6) is 0 Å². The number of rotatable bonds is 4. The van der Waals surface area contributed by atoms with Crippen molar-refractivity contribution in [1.82, 2.24) is 15.1 Å². The summed E-state index contributed by atoms with van der Waals surface area (Å²) in [5, 5.41) is 10.1. The minimum atomic E-state index is -0.118. The van der Waals surface area contributed by atoms with E-state index in [1.54, 1.807) is 16.2 Å². The topological polar surface area (TPSA) is 72.1 Å². The lowest BCUT2D eigenvalue weighted by Crippen LogP contribution is -2.36. The summed E-state index contributed by atoms with van der Waals surface area (Å²) < 4.78 is 0. The highest BCUT2D eigenvalue weighted by Crippen LogP contribution is 2.19. The van der Waals surface area contributed by atoms with Crippen molar-refractivity contribution in [2.45, 2.75) is 26.4 Å². The zero-order valence-corrected chi connectivity index (χ0v) is 11.8. The van der Waals surface area contributed by atoms with E-state index in [0.717, 1.165) is 16.2 Å². The third-order valence-corrected chi connectivity index (χ3v) is 4.02. The van der Waals surface area contributed by atoms with Gasteiger partial charge in [0.05, 0.1) is 6.54 Å². The third-order valence-electron chi connectivity index (χ3n) is 2.41. The monoisotopic (exact) mass is 282 g/mol. The second-order valence-electron chi connectivity index (χ2n) is 4.05. The number of anilines is 1. The Kier molecular flexibility index (Phi) is 3.93. The van der Waals surface area contributed by atoms with Gasteiger partial charge in [0.1, 0.15) is 0 Å². The number of nitrogens with two attached hydrogens (primary N) is 1. The van der Waals surface area contributed by atoms with Crippen LogP contribution >= 0.6 is 22.7 Å². The quantitative estimate of drug-likeness (QED) is 0.933. The molecule has 0 spiro atoms. The van der Waals surface area contributed by atoms with Gasteiger partial charge in [0.25, 0.3) is 5.91 Å². The summed E-state index contributed by atoms with van der Waals surface area (Å²) in [4.78, 5) is 15.2. The van der Waals surface area contributed by atoms with Crippen LogP contribution in [0.15, 0.2) is 17.5 Å². The van der Waals surface area contributed by atoms with Gasteiger partial charge in [0.15, 0.2) is 0 Å². The number of nitrogens with zero attached hydrogens (tertiary/aromatic N) is 3. The first kappa shape index (κ1) is 13.0. The first-order chi connectivity index (χ1) is 8.58. The van der Waals surface area contributed by atoms with Crippen LogP contribution in [0.25, 0.3) is 0 Å². The molecule has 0 bridgehead atoms. The van der Waals surface area contributed by atoms with Gasteiger partial charge in [-0.3, -0.25) is 4.79 Å². The van der Waals surface area contributed by atoms with Crippen molar-refractivity contribution in [3.63, 3.8) is 0 Å². The fourth-order valence-electron chi connectivity index (χ4n) is 1.50. The lowest BCUT2D eigenvalue weighted by Gasteiger charge is -2.25. The zero-order chi connectivity index (χ0) is 13.1. The Morgan fingerprint density at radius 3 is 2.78 bits per heavy atom. The van der Waals surface area contributed by atoms with Crippen molar-refractivity contribution in [3.05, 3.63) is 27.4 Å². The van der Waals surface area contributed by atoms with Crippen molar-refractivity contribution < 1.29 is 4.79 Å². The summed E-state index contributed by atoms with van der Waals surface area (Å²) in [7, 11) is 0. The minimum Gasteiger partial charge on any atom is -0.374 e. The maximum atomic E-state index is 12.3. The number of hydrogen-bond donors (Lipinski definition) is 1. The average molecular weight is 282 g/mol. The summed E-state index contributed by atoms with van der Waals surface area (Å²) in [5.74, 6) is -0.118. The lowest BCUT2D eigenvalue weighted by molar-refractivity contribution is 0.0691. The molecule has 0 aromatic carbocycles. The molecule has 0 aliphatic heterocycles. The minimum absolute atomic E-state index is 0.102. The van der Waals surface area contributed by atoms with Gasteiger partial charge in [-0.05, 0) is 25.3 Å². The molecule has 2 heterocycles. The standard InChI is InChI=1S/C11H14N4OS2/c1-7(2)15(6-8-4-3-5-17-8)10(16)9-13-14-11(12)18-9/h3-5,7H,6H2,1-2H3,(H2,12,14). The Labute approximate surface area is 113 Å². The highest BCUT2D eigenvalue weighted by molar-refractivity contribution is 7.16. The first-order valence-corrected chi connectivity index (χ1v) is 7.20. The van der Waals surface area contributed by atoms with Crippen LogP contribution in [0.3, 0.4) is 0 Å². The number of thiophene rings is 1. The Morgan fingerprint density at radius 1 is 1.50 bits per heavy atom. The average Bonchev–Trinajstić information content (AvgIpc) is 2.95. The van der Waals surface area contributed by atoms with Gasteiger partial charge >= 0.3 is 0 Å². The van der Waals surface area contributed by atoms with E-state index in [9.17, 15) is 4.79 Å². The molecular weight excluding hydrogens is 268 g/mol. The molecule has 2 N–H and O–H groups in total. The summed E-state index contributed by atoms with van der Waals surface area (Å²) in [6.07, 6.45) is 0. The van der Waals surface area contributed by atoms with E-state index in [2.05, 4.69) is 10.2 Å². The SMILES string of the molecule is CC(C)N(Cc1cccs1)C(=O)c1nnc(N)s1. The fourth-order valence-corrected chi connectivity index (χ4v) is 2.77. The molecule has 0 unspecified atom stereocenters. The molecule has 2 aromatic rings. The van der Waals surface area contributed by atoms with Crippen molar-refractivity contribution in [2.24, 2.45) is 0 Å². The van der Waals surface area contributed by atoms with Gasteiger partial charge in [0, 0.05) is 10.9 Å². The highest BCUT2D eigenvalue weighted by atomic mass is 32.1. The highest BCUT2D eigenvalue weighted by Gasteiger charge is 2.22. The molecule has 0 radical (unpaired) electrons. The van der Waals surface area contributed by atoms with Crippen molar-refractivity contribution >= 4 is 33.7 Å². The maximum Gasteiger partial charge on any atom is 0.285 e. The van der Waals surface area contributed by atoms with Crippen LogP contribution in [0.4, 0.5) is 5.13 Å². The van der Waals surface area contributed by atoms with Crippen molar-refractivity contribution in [1.29, 1.82) is 0 Å². The molecule has 0 atom stereocenters. The molecule has 96 valence electrons. The molecule has 0 aliphatic rings. The van der Waals surface area contributed by atoms with Crippen LogP contribution in [-0.2, 0) is 6.54 Å². The molecule has 5 nitrogen and oxygen atoms in total. The van der Waals surface area contributed by atoms with Crippen LogP contribution in [-0.4, -0.2) is 27.0 Å². The normalized spacial score (nSPS) is 10.8. The number of carbonyl (C=O) groups is 1. The van der Waals surface area contributed by atoms with E-state index in [1.807, 2.05) is 31.4 Å². The van der Waals surface area contributed by atoms with E-state index in [0.29, 0.717) is 16.7 Å². The van der Waals surface area contributed by atoms with Gasteiger partial charge in [0.2, 0.25) is 10.1 Å². The predicted molar refractivity (Wildman–Crippen MR) is 73.6 cm³/mol. The smallest absolute Gasteiger partial charge is 0.285 e. The number of carbonyl (C=O) groups excluding carboxylic acids is 1. The molecule has 0 fully saturated rings. The molecule has 0 saturated heterocycles. The molecule has 1 amide bonds. The maximum absolute atomic E-state index is 12.3. The van der Waals surface area contributed by atoms with E-state index in [4.69, 9.17) is 5.73 Å². The van der Waals surface area contributed by atoms with E-state index >= 15 is 0 Å².